The van der Waals surface area contributed by atoms with Crippen LogP contribution in [0.2, 0.25) is 0 Å². The fraction of sp³-hybridized carbons (Fsp3) is 0.588. The third kappa shape index (κ3) is 5.09. The molecule has 1 aromatic carbocycles. The van der Waals surface area contributed by atoms with Gasteiger partial charge in [-0.2, -0.15) is 13.1 Å². The van der Waals surface area contributed by atoms with Crippen molar-refractivity contribution in [1.29, 1.82) is 0 Å². The largest absolute Gasteiger partial charge is 0.448 e. The summed E-state index contributed by atoms with van der Waals surface area (Å²) in [7, 11) is -4.24. The number of ether oxygens (including phenoxy) is 1. The molecule has 2 fully saturated rings. The summed E-state index contributed by atoms with van der Waals surface area (Å²) in [6.07, 6.45) is 4.79. The minimum atomic E-state index is -4.24. The zero-order valence-corrected chi connectivity index (χ0v) is 15.0. The molecule has 25 heavy (non-hydrogen) atoms. The maximum Gasteiger partial charge on any atom is 0.423 e. The number of fused-ring (bicyclic) bond motifs is 1. The second-order valence-electron chi connectivity index (χ2n) is 6.71. The van der Waals surface area contributed by atoms with Gasteiger partial charge in [-0.25, -0.2) is 4.79 Å². The Kier molecular flexibility index (Phi) is 5.80. The van der Waals surface area contributed by atoms with E-state index in [1.807, 2.05) is 0 Å². The molecule has 0 radical (unpaired) electrons. The zero-order valence-electron chi connectivity index (χ0n) is 14.1. The molecule has 1 aromatic rings. The van der Waals surface area contributed by atoms with E-state index in [0.717, 1.165) is 19.3 Å². The van der Waals surface area contributed by atoms with Crippen molar-refractivity contribution in [2.75, 3.05) is 19.7 Å². The predicted molar refractivity (Wildman–Crippen MR) is 91.5 cm³/mol. The molecule has 0 spiro atoms. The number of para-hydroxylation sites is 1. The first kappa shape index (κ1) is 18.0. The standard InChI is InChI=1S/C17H24N2O5S/c20-17(18-25(21,22)24-15-8-2-1-3-9-15)23-13-14-7-6-12-19-11-5-4-10-16(14)19/h1-3,8-9,14,16H,4-7,10-13H2,(H,18,20)/p+1. The molecule has 0 aliphatic carbocycles. The van der Waals surface area contributed by atoms with Crippen LogP contribution >= 0.6 is 0 Å². The van der Waals surface area contributed by atoms with Gasteiger partial charge in [0.25, 0.3) is 0 Å². The van der Waals surface area contributed by atoms with Crippen LogP contribution in [0, 0.1) is 5.92 Å². The van der Waals surface area contributed by atoms with Gasteiger partial charge < -0.3 is 13.8 Å². The monoisotopic (exact) mass is 369 g/mol. The van der Waals surface area contributed by atoms with Gasteiger partial charge in [0.2, 0.25) is 0 Å². The fourth-order valence-corrected chi connectivity index (χ4v) is 4.58. The maximum absolute atomic E-state index is 11.9. The lowest BCUT2D eigenvalue weighted by Crippen LogP contribution is -3.18. The van der Waals surface area contributed by atoms with Crippen molar-refractivity contribution in [3.8, 4) is 5.75 Å². The van der Waals surface area contributed by atoms with Gasteiger partial charge in [-0.05, 0) is 44.2 Å². The Hall–Kier alpha value is -1.80. The van der Waals surface area contributed by atoms with E-state index in [0.29, 0.717) is 12.0 Å². The smallest absolute Gasteiger partial charge is 0.423 e. The van der Waals surface area contributed by atoms with Gasteiger partial charge in [-0.3, -0.25) is 0 Å². The molecule has 2 aliphatic heterocycles. The third-order valence-electron chi connectivity index (χ3n) is 5.02. The molecule has 3 rings (SSSR count). The summed E-state index contributed by atoms with van der Waals surface area (Å²) in [6.45, 7) is 2.63. The fourth-order valence-electron chi connectivity index (χ4n) is 3.92. The highest BCUT2D eigenvalue weighted by Crippen LogP contribution is 2.20. The van der Waals surface area contributed by atoms with Crippen LogP contribution in [0.15, 0.2) is 30.3 Å². The first-order valence-electron chi connectivity index (χ1n) is 8.82. The van der Waals surface area contributed by atoms with Crippen LogP contribution in [0.4, 0.5) is 4.79 Å². The molecule has 2 N–H and O–H groups in total. The van der Waals surface area contributed by atoms with Crippen LogP contribution in [0.1, 0.15) is 32.1 Å². The number of rotatable bonds is 5. The van der Waals surface area contributed by atoms with Crippen LogP contribution in [0.5, 0.6) is 5.75 Å². The summed E-state index contributed by atoms with van der Waals surface area (Å²) in [4.78, 5) is 13.5. The van der Waals surface area contributed by atoms with E-state index < -0.39 is 16.4 Å². The predicted octanol–water partition coefficient (Wildman–Crippen LogP) is 0.884. The van der Waals surface area contributed by atoms with Gasteiger partial charge in [-0.1, -0.05) is 18.2 Å². The zero-order chi connectivity index (χ0) is 17.7. The average Bonchev–Trinajstić information content (AvgIpc) is 2.60. The summed E-state index contributed by atoms with van der Waals surface area (Å²) in [5, 5.41) is 0. The highest BCUT2D eigenvalue weighted by atomic mass is 32.2. The molecule has 0 bridgehead atoms. The second-order valence-corrected chi connectivity index (χ2v) is 7.99. The number of carbonyl (C=O) groups excluding carboxylic acids is 1. The van der Waals surface area contributed by atoms with E-state index in [2.05, 4.69) is 0 Å². The van der Waals surface area contributed by atoms with Crippen LogP contribution in [-0.4, -0.2) is 40.2 Å². The SMILES string of the molecule is O=C(NS(=O)(=O)Oc1ccccc1)OCC1CCC[NH+]2CCCCC12. The molecule has 2 saturated heterocycles. The molecule has 138 valence electrons. The Labute approximate surface area is 148 Å². The Morgan fingerprint density at radius 2 is 1.88 bits per heavy atom. The van der Waals surface area contributed by atoms with E-state index >= 15 is 0 Å². The summed E-state index contributed by atoms with van der Waals surface area (Å²) in [6, 6.07) is 8.53. The average molecular weight is 369 g/mol. The number of hydrogen-bond donors (Lipinski definition) is 2. The Morgan fingerprint density at radius 1 is 1.12 bits per heavy atom. The number of carbonyl (C=O) groups is 1. The van der Waals surface area contributed by atoms with Crippen molar-refractivity contribution in [1.82, 2.24) is 4.72 Å². The summed E-state index contributed by atoms with van der Waals surface area (Å²) in [5.74, 6) is 0.434. The molecular formula is C17H25N2O5S+. The summed E-state index contributed by atoms with van der Waals surface area (Å²) >= 11 is 0. The quantitative estimate of drug-likeness (QED) is 0.805. The minimum absolute atomic E-state index is 0.136. The second kappa shape index (κ2) is 8.05. The molecule has 2 aliphatic rings. The van der Waals surface area contributed by atoms with Crippen LogP contribution in [0.3, 0.4) is 0 Å². The van der Waals surface area contributed by atoms with E-state index in [9.17, 15) is 13.2 Å². The lowest BCUT2D eigenvalue weighted by molar-refractivity contribution is -0.940. The van der Waals surface area contributed by atoms with Crippen LogP contribution in [-0.2, 0) is 15.0 Å². The normalized spacial score (nSPS) is 26.3. The van der Waals surface area contributed by atoms with E-state index in [-0.39, 0.29) is 12.4 Å². The maximum atomic E-state index is 11.9. The number of nitrogens with one attached hydrogen (secondary N) is 2. The first-order chi connectivity index (χ1) is 12.0. The van der Waals surface area contributed by atoms with Crippen molar-refractivity contribution >= 4 is 16.4 Å². The number of hydrogen-bond acceptors (Lipinski definition) is 5. The Bertz CT molecular complexity index is 678. The number of amides is 1. The van der Waals surface area contributed by atoms with E-state index in [1.54, 1.807) is 27.8 Å². The lowest BCUT2D eigenvalue weighted by Gasteiger charge is -2.40. The van der Waals surface area contributed by atoms with Crippen molar-refractivity contribution in [3.05, 3.63) is 30.3 Å². The molecule has 0 saturated carbocycles. The molecule has 8 heteroatoms. The molecule has 7 nitrogen and oxygen atoms in total. The van der Waals surface area contributed by atoms with Gasteiger partial charge in [0, 0.05) is 5.92 Å². The molecule has 0 aromatic heterocycles. The molecule has 2 heterocycles. The first-order valence-corrected chi connectivity index (χ1v) is 10.2. The molecule has 1 amide bonds. The van der Waals surface area contributed by atoms with Crippen molar-refractivity contribution in [3.63, 3.8) is 0 Å². The summed E-state index contributed by atoms with van der Waals surface area (Å²) in [5.41, 5.74) is 0. The van der Waals surface area contributed by atoms with Crippen LogP contribution in [0.25, 0.3) is 0 Å². The molecular weight excluding hydrogens is 344 g/mol. The van der Waals surface area contributed by atoms with E-state index in [4.69, 9.17) is 8.92 Å². The minimum Gasteiger partial charge on any atom is -0.448 e. The third-order valence-corrected chi connectivity index (χ3v) is 5.84. The highest BCUT2D eigenvalue weighted by Gasteiger charge is 2.37. The molecule has 3 atom stereocenters. The van der Waals surface area contributed by atoms with Crippen molar-refractivity contribution in [2.45, 2.75) is 38.1 Å². The summed E-state index contributed by atoms with van der Waals surface area (Å²) < 4.78 is 35.5. The van der Waals surface area contributed by atoms with Gasteiger partial charge in [0.05, 0.1) is 19.1 Å². The van der Waals surface area contributed by atoms with Gasteiger partial charge >= 0.3 is 16.4 Å². The number of benzene rings is 1. The lowest BCUT2D eigenvalue weighted by atomic mass is 9.84. The van der Waals surface area contributed by atoms with E-state index in [1.165, 1.54) is 38.1 Å². The number of piperidine rings is 2. The van der Waals surface area contributed by atoms with Crippen molar-refractivity contribution < 1.29 is 27.0 Å². The molecule has 3 unspecified atom stereocenters. The van der Waals surface area contributed by atoms with Gasteiger partial charge in [0.15, 0.2) is 0 Å². The highest BCUT2D eigenvalue weighted by molar-refractivity contribution is 7.85. The Morgan fingerprint density at radius 3 is 2.68 bits per heavy atom. The van der Waals surface area contributed by atoms with Gasteiger partial charge in [0.1, 0.15) is 12.4 Å². The van der Waals surface area contributed by atoms with Gasteiger partial charge in [-0.15, -0.1) is 0 Å². The topological polar surface area (TPSA) is 86.1 Å². The number of quaternary nitrogens is 1. The van der Waals surface area contributed by atoms with Crippen LogP contribution < -0.4 is 13.8 Å². The van der Waals surface area contributed by atoms with Crippen molar-refractivity contribution in [2.24, 2.45) is 5.92 Å². The Balaban J connectivity index is 1.48.